The van der Waals surface area contributed by atoms with Crippen molar-refractivity contribution in [3.8, 4) is 0 Å². The lowest BCUT2D eigenvalue weighted by Crippen LogP contribution is -2.17. The maximum atomic E-state index is 12.3. The van der Waals surface area contributed by atoms with Crippen LogP contribution in [0.3, 0.4) is 0 Å². The van der Waals surface area contributed by atoms with Crippen molar-refractivity contribution in [1.82, 2.24) is 9.99 Å². The lowest BCUT2D eigenvalue weighted by Gasteiger charge is -2.08. The number of nitro groups is 1. The molecule has 0 aliphatic carbocycles. The average Bonchev–Trinajstić information content (AvgIpc) is 3.13. The van der Waals surface area contributed by atoms with E-state index in [0.29, 0.717) is 16.6 Å². The van der Waals surface area contributed by atoms with E-state index in [4.69, 9.17) is 23.2 Å². The molecule has 0 saturated carbocycles. The Morgan fingerprint density at radius 1 is 1.09 bits per heavy atom. The van der Waals surface area contributed by atoms with Gasteiger partial charge in [-0.3, -0.25) is 14.9 Å². The summed E-state index contributed by atoms with van der Waals surface area (Å²) in [5, 5.41) is 17.0. The van der Waals surface area contributed by atoms with Crippen molar-refractivity contribution < 1.29 is 9.72 Å². The molecule has 4 aromatic rings. The van der Waals surface area contributed by atoms with Crippen molar-refractivity contribution in [2.24, 2.45) is 5.10 Å². The molecule has 0 atom stereocenters. The highest BCUT2D eigenvalue weighted by atomic mass is 35.5. The number of hydrogen-bond acceptors (Lipinski definition) is 4. The number of fused-ring (bicyclic) bond motifs is 1. The van der Waals surface area contributed by atoms with E-state index >= 15 is 0 Å². The van der Waals surface area contributed by atoms with Gasteiger partial charge in [-0.25, -0.2) is 5.43 Å². The van der Waals surface area contributed by atoms with Crippen molar-refractivity contribution >= 4 is 51.9 Å². The van der Waals surface area contributed by atoms with Gasteiger partial charge in [0, 0.05) is 56.9 Å². The Bertz CT molecular complexity index is 1360. The minimum atomic E-state index is -0.554. The molecular weight excluding hydrogens is 451 g/mol. The number of aromatic nitrogens is 1. The van der Waals surface area contributed by atoms with Crippen LogP contribution in [0.1, 0.15) is 21.5 Å². The molecule has 0 spiro atoms. The molecule has 32 heavy (non-hydrogen) atoms. The third kappa shape index (κ3) is 4.64. The van der Waals surface area contributed by atoms with Crippen molar-refractivity contribution in [2.45, 2.75) is 6.54 Å². The lowest BCUT2D eigenvalue weighted by atomic mass is 10.2. The van der Waals surface area contributed by atoms with E-state index in [1.54, 1.807) is 12.1 Å². The van der Waals surface area contributed by atoms with Crippen molar-refractivity contribution in [3.63, 3.8) is 0 Å². The largest absolute Gasteiger partial charge is 0.342 e. The number of carbonyl (C=O) groups excluding carboxylic acids is 1. The summed E-state index contributed by atoms with van der Waals surface area (Å²) < 4.78 is 2.04. The minimum absolute atomic E-state index is 0.149. The number of benzene rings is 3. The first-order valence-corrected chi connectivity index (χ1v) is 10.3. The van der Waals surface area contributed by atoms with Gasteiger partial charge in [0.2, 0.25) is 0 Å². The zero-order chi connectivity index (χ0) is 22.7. The van der Waals surface area contributed by atoms with Crippen molar-refractivity contribution in [3.05, 3.63) is 110 Å². The SMILES string of the molecule is O=C(NN=Cc1cn(Cc2ccc(Cl)cc2Cl)c2ccccc12)c1cccc([N+](=O)[O-])c1. The molecule has 0 aliphatic rings. The molecule has 1 heterocycles. The number of non-ortho nitro benzene ring substituents is 1. The summed E-state index contributed by atoms with van der Waals surface area (Å²) in [5.41, 5.74) is 5.09. The molecule has 7 nitrogen and oxygen atoms in total. The van der Waals surface area contributed by atoms with E-state index < -0.39 is 10.8 Å². The summed E-state index contributed by atoms with van der Waals surface area (Å²) >= 11 is 12.3. The Morgan fingerprint density at radius 2 is 1.91 bits per heavy atom. The van der Waals surface area contributed by atoms with Crippen LogP contribution in [0.4, 0.5) is 5.69 Å². The number of nitrogens with one attached hydrogen (secondary N) is 1. The molecule has 4 rings (SSSR count). The Morgan fingerprint density at radius 3 is 2.69 bits per heavy atom. The molecule has 0 saturated heterocycles. The average molecular weight is 467 g/mol. The summed E-state index contributed by atoms with van der Waals surface area (Å²) in [7, 11) is 0. The molecule has 1 N–H and O–H groups in total. The van der Waals surface area contributed by atoms with Gasteiger partial charge in [0.25, 0.3) is 11.6 Å². The fraction of sp³-hybridized carbons (Fsp3) is 0.0435. The van der Waals surface area contributed by atoms with Gasteiger partial charge in [-0.05, 0) is 29.8 Å². The predicted octanol–water partition coefficient (Wildman–Crippen LogP) is 5.67. The van der Waals surface area contributed by atoms with Crippen LogP contribution in [-0.2, 0) is 6.54 Å². The third-order valence-electron chi connectivity index (χ3n) is 4.86. The lowest BCUT2D eigenvalue weighted by molar-refractivity contribution is -0.384. The number of nitro benzene ring substituents is 1. The van der Waals surface area contributed by atoms with Gasteiger partial charge in [0.15, 0.2) is 0 Å². The fourth-order valence-electron chi connectivity index (χ4n) is 3.33. The summed E-state index contributed by atoms with van der Waals surface area (Å²) in [6, 6.07) is 18.6. The molecule has 1 amide bonds. The second-order valence-corrected chi connectivity index (χ2v) is 7.82. The number of carbonyl (C=O) groups is 1. The number of halogens is 2. The highest BCUT2D eigenvalue weighted by molar-refractivity contribution is 6.35. The first-order chi connectivity index (χ1) is 15.4. The monoisotopic (exact) mass is 466 g/mol. The van der Waals surface area contributed by atoms with Gasteiger partial charge >= 0.3 is 0 Å². The van der Waals surface area contributed by atoms with E-state index in [-0.39, 0.29) is 11.3 Å². The number of para-hydroxylation sites is 1. The third-order valence-corrected chi connectivity index (χ3v) is 5.45. The topological polar surface area (TPSA) is 89.5 Å². The van der Waals surface area contributed by atoms with Gasteiger partial charge in [-0.2, -0.15) is 5.10 Å². The van der Waals surface area contributed by atoms with E-state index in [1.807, 2.05) is 41.1 Å². The molecular formula is C23H16Cl2N4O3. The van der Waals surface area contributed by atoms with Crippen LogP contribution in [0, 0.1) is 10.1 Å². The van der Waals surface area contributed by atoms with Crippen LogP contribution in [0.15, 0.2) is 78.0 Å². The molecule has 0 fully saturated rings. The Labute approximate surface area is 193 Å². The Hall–Kier alpha value is -3.68. The van der Waals surface area contributed by atoms with Gasteiger partial charge in [0.1, 0.15) is 0 Å². The number of nitrogens with zero attached hydrogens (tertiary/aromatic N) is 3. The quantitative estimate of drug-likeness (QED) is 0.225. The minimum Gasteiger partial charge on any atom is -0.342 e. The van der Waals surface area contributed by atoms with E-state index in [0.717, 1.165) is 22.0 Å². The molecule has 0 unspecified atom stereocenters. The standard InChI is InChI=1S/C23H16Cl2N4O3/c24-18-9-8-16(21(25)11-18)13-28-14-17(20-6-1-2-7-22(20)28)12-26-27-23(30)15-4-3-5-19(10-15)29(31)32/h1-12,14H,13H2,(H,27,30). The highest BCUT2D eigenvalue weighted by Gasteiger charge is 2.12. The zero-order valence-corrected chi connectivity index (χ0v) is 18.0. The van der Waals surface area contributed by atoms with Crippen molar-refractivity contribution in [2.75, 3.05) is 0 Å². The number of amides is 1. The second kappa shape index (κ2) is 9.21. The van der Waals surface area contributed by atoms with Crippen LogP contribution < -0.4 is 5.43 Å². The molecule has 0 aliphatic heterocycles. The zero-order valence-electron chi connectivity index (χ0n) is 16.5. The Kier molecular flexibility index (Phi) is 6.20. The molecule has 160 valence electrons. The molecule has 0 bridgehead atoms. The van der Waals surface area contributed by atoms with Crippen molar-refractivity contribution in [1.29, 1.82) is 0 Å². The van der Waals surface area contributed by atoms with Gasteiger partial charge in [-0.15, -0.1) is 0 Å². The number of hydrogen-bond donors (Lipinski definition) is 1. The second-order valence-electron chi connectivity index (χ2n) is 6.97. The van der Waals surface area contributed by atoms with Crippen LogP contribution in [-0.4, -0.2) is 21.6 Å². The van der Waals surface area contributed by atoms with Crippen LogP contribution in [0.5, 0.6) is 0 Å². The van der Waals surface area contributed by atoms with Crippen LogP contribution in [0.2, 0.25) is 10.0 Å². The van der Waals surface area contributed by atoms with Gasteiger partial charge in [-0.1, -0.05) is 53.5 Å². The normalized spacial score (nSPS) is 11.2. The Balaban J connectivity index is 1.57. The smallest absolute Gasteiger partial charge is 0.271 e. The summed E-state index contributed by atoms with van der Waals surface area (Å²) in [4.78, 5) is 22.7. The molecule has 0 radical (unpaired) electrons. The first kappa shape index (κ1) is 21.5. The predicted molar refractivity (Wildman–Crippen MR) is 126 cm³/mol. The maximum Gasteiger partial charge on any atom is 0.271 e. The number of rotatable bonds is 6. The van der Waals surface area contributed by atoms with E-state index in [2.05, 4.69) is 10.5 Å². The van der Waals surface area contributed by atoms with Crippen LogP contribution in [0.25, 0.3) is 10.9 Å². The van der Waals surface area contributed by atoms with E-state index in [9.17, 15) is 14.9 Å². The van der Waals surface area contributed by atoms with Gasteiger partial charge in [0.05, 0.1) is 11.1 Å². The van der Waals surface area contributed by atoms with E-state index in [1.165, 1.54) is 30.5 Å². The number of hydrazone groups is 1. The van der Waals surface area contributed by atoms with Crippen LogP contribution >= 0.6 is 23.2 Å². The molecule has 3 aromatic carbocycles. The molecule has 9 heteroatoms. The summed E-state index contributed by atoms with van der Waals surface area (Å²) in [5.74, 6) is -0.540. The summed E-state index contributed by atoms with van der Waals surface area (Å²) in [6.45, 7) is 0.532. The first-order valence-electron chi connectivity index (χ1n) is 9.52. The summed E-state index contributed by atoms with van der Waals surface area (Å²) in [6.07, 6.45) is 3.45. The fourth-order valence-corrected chi connectivity index (χ4v) is 3.80. The van der Waals surface area contributed by atoms with Gasteiger partial charge < -0.3 is 4.57 Å². The highest BCUT2D eigenvalue weighted by Crippen LogP contribution is 2.25. The molecule has 1 aromatic heterocycles. The maximum absolute atomic E-state index is 12.3.